The third-order valence-electron chi connectivity index (χ3n) is 4.01. The van der Waals surface area contributed by atoms with Crippen molar-refractivity contribution in [1.82, 2.24) is 15.6 Å². The average Bonchev–Trinajstić information content (AvgIpc) is 2.72. The highest BCUT2D eigenvalue weighted by molar-refractivity contribution is 5.79. The van der Waals surface area contributed by atoms with E-state index in [0.717, 1.165) is 36.0 Å². The van der Waals surface area contributed by atoms with Gasteiger partial charge in [0.2, 0.25) is 5.88 Å². The first-order valence-electron chi connectivity index (χ1n) is 9.52. The van der Waals surface area contributed by atoms with Crippen molar-refractivity contribution in [3.05, 3.63) is 47.7 Å². The number of benzene rings is 1. The van der Waals surface area contributed by atoms with Crippen LogP contribution in [0.5, 0.6) is 17.4 Å². The first-order valence-corrected chi connectivity index (χ1v) is 9.52. The molecule has 0 aliphatic heterocycles. The molecule has 2 N–H and O–H groups in total. The van der Waals surface area contributed by atoms with Gasteiger partial charge >= 0.3 is 0 Å². The van der Waals surface area contributed by atoms with Gasteiger partial charge < -0.3 is 24.8 Å². The van der Waals surface area contributed by atoms with E-state index in [2.05, 4.69) is 26.7 Å². The first kappa shape index (κ1) is 21.3. The van der Waals surface area contributed by atoms with Crippen LogP contribution in [0.4, 0.5) is 0 Å². The van der Waals surface area contributed by atoms with Crippen molar-refractivity contribution in [1.29, 1.82) is 0 Å². The molecule has 7 heteroatoms. The van der Waals surface area contributed by atoms with Crippen LogP contribution in [0.15, 0.2) is 41.5 Å². The van der Waals surface area contributed by atoms with Crippen molar-refractivity contribution in [3.63, 3.8) is 0 Å². The smallest absolute Gasteiger partial charge is 0.213 e. The minimum Gasteiger partial charge on any atom is -0.490 e. The van der Waals surface area contributed by atoms with Crippen molar-refractivity contribution < 1.29 is 14.2 Å². The Morgan fingerprint density at radius 3 is 2.50 bits per heavy atom. The molecule has 0 aliphatic rings. The van der Waals surface area contributed by atoms with Crippen molar-refractivity contribution in [2.24, 2.45) is 4.99 Å². The number of pyridine rings is 1. The molecule has 0 saturated heterocycles. The Balaban J connectivity index is 1.85. The molecule has 0 radical (unpaired) electrons. The fraction of sp³-hybridized carbons (Fsp3) is 0.429. The summed E-state index contributed by atoms with van der Waals surface area (Å²) in [6, 6.07) is 9.91. The van der Waals surface area contributed by atoms with Gasteiger partial charge in [-0.15, -0.1) is 0 Å². The van der Waals surface area contributed by atoms with Crippen LogP contribution in [0.3, 0.4) is 0 Å². The van der Waals surface area contributed by atoms with E-state index in [0.29, 0.717) is 25.6 Å². The molecule has 0 bridgehead atoms. The molecule has 1 aromatic heterocycles. The lowest BCUT2D eigenvalue weighted by atomic mass is 10.1. The number of aromatic nitrogens is 1. The number of methoxy groups -OCH3 is 1. The topological polar surface area (TPSA) is 77.0 Å². The zero-order valence-electron chi connectivity index (χ0n) is 17.1. The second-order valence-electron chi connectivity index (χ2n) is 5.96. The van der Waals surface area contributed by atoms with Gasteiger partial charge in [0.05, 0.1) is 20.3 Å². The fourth-order valence-electron chi connectivity index (χ4n) is 2.65. The third kappa shape index (κ3) is 6.64. The molecule has 1 heterocycles. The Morgan fingerprint density at radius 1 is 1.00 bits per heavy atom. The number of aliphatic imine (C=N–C) groups is 1. The summed E-state index contributed by atoms with van der Waals surface area (Å²) in [4.78, 5) is 8.38. The van der Waals surface area contributed by atoms with E-state index >= 15 is 0 Å². The summed E-state index contributed by atoms with van der Waals surface area (Å²) in [6.07, 6.45) is 2.57. The molecule has 1 aromatic carbocycles. The number of guanidine groups is 1. The SMILES string of the molecule is CCOc1ccc(CCNC(=NC)NCc2ccnc(OC)c2)cc1OCC. The number of rotatable bonds is 10. The molecule has 7 nitrogen and oxygen atoms in total. The Labute approximate surface area is 167 Å². The van der Waals surface area contributed by atoms with E-state index in [1.807, 2.05) is 38.1 Å². The minimum absolute atomic E-state index is 0.600. The number of ether oxygens (including phenoxy) is 3. The van der Waals surface area contributed by atoms with E-state index in [4.69, 9.17) is 14.2 Å². The summed E-state index contributed by atoms with van der Waals surface area (Å²) >= 11 is 0. The maximum absolute atomic E-state index is 5.69. The van der Waals surface area contributed by atoms with E-state index in [9.17, 15) is 0 Å². The third-order valence-corrected chi connectivity index (χ3v) is 4.01. The zero-order valence-corrected chi connectivity index (χ0v) is 17.1. The molecule has 2 aromatic rings. The summed E-state index contributed by atoms with van der Waals surface area (Å²) in [6.45, 7) is 6.55. The van der Waals surface area contributed by atoms with Gasteiger partial charge in [-0.25, -0.2) is 4.98 Å². The van der Waals surface area contributed by atoms with Crippen molar-refractivity contribution in [3.8, 4) is 17.4 Å². The van der Waals surface area contributed by atoms with E-state index in [-0.39, 0.29) is 0 Å². The number of nitrogens with zero attached hydrogens (tertiary/aromatic N) is 2. The Bertz CT molecular complexity index is 765. The van der Waals surface area contributed by atoms with Gasteiger partial charge in [0.25, 0.3) is 0 Å². The van der Waals surface area contributed by atoms with Gasteiger partial charge in [0.1, 0.15) is 0 Å². The van der Waals surface area contributed by atoms with Crippen molar-refractivity contribution in [2.45, 2.75) is 26.8 Å². The molecule has 0 amide bonds. The van der Waals surface area contributed by atoms with Crippen molar-refractivity contribution >= 4 is 5.96 Å². The lowest BCUT2D eigenvalue weighted by Gasteiger charge is -2.14. The highest BCUT2D eigenvalue weighted by Gasteiger charge is 2.07. The largest absolute Gasteiger partial charge is 0.490 e. The van der Waals surface area contributed by atoms with Crippen LogP contribution >= 0.6 is 0 Å². The molecule has 0 atom stereocenters. The van der Waals surface area contributed by atoms with Crippen LogP contribution in [0.1, 0.15) is 25.0 Å². The van der Waals surface area contributed by atoms with Crippen LogP contribution in [0.25, 0.3) is 0 Å². The second-order valence-corrected chi connectivity index (χ2v) is 5.96. The number of hydrogen-bond acceptors (Lipinski definition) is 5. The zero-order chi connectivity index (χ0) is 20.2. The highest BCUT2D eigenvalue weighted by atomic mass is 16.5. The van der Waals surface area contributed by atoms with Crippen LogP contribution in [0.2, 0.25) is 0 Å². The van der Waals surface area contributed by atoms with Gasteiger partial charge in [0, 0.05) is 32.4 Å². The van der Waals surface area contributed by atoms with Crippen molar-refractivity contribution in [2.75, 3.05) is 33.9 Å². The molecular formula is C21H30N4O3. The summed E-state index contributed by atoms with van der Waals surface area (Å²) < 4.78 is 16.4. The fourth-order valence-corrected chi connectivity index (χ4v) is 2.65. The maximum Gasteiger partial charge on any atom is 0.213 e. The molecule has 0 spiro atoms. The van der Waals surface area contributed by atoms with Crippen LogP contribution in [-0.2, 0) is 13.0 Å². The van der Waals surface area contributed by atoms with Crippen LogP contribution in [0, 0.1) is 0 Å². The van der Waals surface area contributed by atoms with Gasteiger partial charge in [0.15, 0.2) is 17.5 Å². The van der Waals surface area contributed by atoms with E-state index in [1.165, 1.54) is 5.56 Å². The van der Waals surface area contributed by atoms with E-state index < -0.39 is 0 Å². The molecule has 0 saturated carbocycles. The Kier molecular flexibility index (Phi) is 8.91. The maximum atomic E-state index is 5.69. The van der Waals surface area contributed by atoms with Gasteiger partial charge in [-0.3, -0.25) is 4.99 Å². The summed E-state index contributed by atoms with van der Waals surface area (Å²) in [5.41, 5.74) is 2.25. The quantitative estimate of drug-likeness (QED) is 0.483. The minimum atomic E-state index is 0.600. The summed E-state index contributed by atoms with van der Waals surface area (Å²) in [7, 11) is 3.37. The van der Waals surface area contributed by atoms with Gasteiger partial charge in [-0.2, -0.15) is 0 Å². The lowest BCUT2D eigenvalue weighted by Crippen LogP contribution is -2.37. The Morgan fingerprint density at radius 2 is 1.79 bits per heavy atom. The highest BCUT2D eigenvalue weighted by Crippen LogP contribution is 2.28. The first-order chi connectivity index (χ1) is 13.7. The van der Waals surface area contributed by atoms with E-state index in [1.54, 1.807) is 20.4 Å². The Hall–Kier alpha value is -2.96. The molecule has 0 fully saturated rings. The monoisotopic (exact) mass is 386 g/mol. The molecule has 2 rings (SSSR count). The standard InChI is InChI=1S/C21H30N4O3/c1-5-27-18-8-7-16(13-19(18)28-6-2)9-12-24-21(22-3)25-15-17-10-11-23-20(14-17)26-4/h7-8,10-11,13-14H,5-6,9,12,15H2,1-4H3,(H2,22,24,25). The molecular weight excluding hydrogens is 356 g/mol. The molecule has 28 heavy (non-hydrogen) atoms. The number of nitrogens with one attached hydrogen (secondary N) is 2. The lowest BCUT2D eigenvalue weighted by molar-refractivity contribution is 0.287. The summed E-state index contributed by atoms with van der Waals surface area (Å²) in [5.74, 6) is 2.91. The average molecular weight is 386 g/mol. The predicted octanol–water partition coefficient (Wildman–Crippen LogP) is 2.80. The van der Waals surface area contributed by atoms with Gasteiger partial charge in [-0.05, 0) is 49.6 Å². The predicted molar refractivity (Wildman–Crippen MR) is 111 cm³/mol. The molecule has 0 aliphatic carbocycles. The normalized spacial score (nSPS) is 11.1. The molecule has 152 valence electrons. The second kappa shape index (κ2) is 11.7. The van der Waals surface area contributed by atoms with Gasteiger partial charge in [-0.1, -0.05) is 6.07 Å². The molecule has 0 unspecified atom stereocenters. The van der Waals surface area contributed by atoms with Crippen LogP contribution < -0.4 is 24.8 Å². The van der Waals surface area contributed by atoms with Crippen LogP contribution in [-0.4, -0.2) is 44.9 Å². The number of hydrogen-bond donors (Lipinski definition) is 2. The summed E-state index contributed by atoms with van der Waals surface area (Å²) in [5, 5.41) is 6.62.